The van der Waals surface area contributed by atoms with Gasteiger partial charge in [-0.25, -0.2) is 9.18 Å². The minimum atomic E-state index is -1.60. The smallest absolute Gasteiger partial charge is 0.407 e. The number of hydrogen-bond donors (Lipinski definition) is 1. The van der Waals surface area contributed by atoms with Crippen molar-refractivity contribution in [3.8, 4) is 0 Å². The lowest BCUT2D eigenvalue weighted by Crippen LogP contribution is -2.61. The van der Waals surface area contributed by atoms with E-state index in [9.17, 15) is 9.59 Å². The molecule has 9 heteroatoms. The lowest BCUT2D eigenvalue weighted by Gasteiger charge is -2.49. The van der Waals surface area contributed by atoms with Crippen molar-refractivity contribution in [2.75, 3.05) is 13.1 Å². The zero-order valence-electron chi connectivity index (χ0n) is 15.8. The first-order chi connectivity index (χ1) is 13.8. The van der Waals surface area contributed by atoms with Crippen LogP contribution in [0.4, 0.5) is 9.18 Å². The summed E-state index contributed by atoms with van der Waals surface area (Å²) in [6.45, 7) is 0.250. The number of alkyl halides is 1. The number of hydrogen-bond acceptors (Lipinski definition) is 4. The van der Waals surface area contributed by atoms with Crippen molar-refractivity contribution in [1.29, 1.82) is 0 Å². The molecule has 1 saturated heterocycles. The van der Waals surface area contributed by atoms with Gasteiger partial charge in [-0.05, 0) is 11.6 Å². The number of aromatic nitrogens is 2. The van der Waals surface area contributed by atoms with Gasteiger partial charge in [0.1, 0.15) is 11.3 Å². The number of carbonyl (C=O) groups is 2. The molecule has 7 nitrogen and oxygen atoms in total. The predicted octanol–water partition coefficient (Wildman–Crippen LogP) is 2.79. The van der Waals surface area contributed by atoms with Gasteiger partial charge in [-0.1, -0.05) is 29.8 Å². The monoisotopic (exact) mass is 418 g/mol. The number of amides is 2. The summed E-state index contributed by atoms with van der Waals surface area (Å²) in [5.41, 5.74) is -0.150. The zero-order chi connectivity index (χ0) is 20.4. The topological polar surface area (TPSA) is 76.5 Å². The summed E-state index contributed by atoms with van der Waals surface area (Å²) in [6.07, 6.45) is 1.66. The van der Waals surface area contributed by atoms with E-state index in [1.54, 1.807) is 28.9 Å². The molecule has 2 aromatic rings. The molecule has 0 bridgehead atoms. The molecular formula is C20H20ClFN4O3. The number of alkyl carbamates (subject to hydrolysis) is 1. The first-order valence-corrected chi connectivity index (χ1v) is 9.89. The van der Waals surface area contributed by atoms with Crippen LogP contribution in [0.1, 0.15) is 40.5 Å². The summed E-state index contributed by atoms with van der Waals surface area (Å²) in [7, 11) is 1.79. The molecule has 29 heavy (non-hydrogen) atoms. The van der Waals surface area contributed by atoms with E-state index < -0.39 is 17.4 Å². The molecule has 152 valence electrons. The number of carbonyl (C=O) groups excluding carboxylic acids is 2. The van der Waals surface area contributed by atoms with Crippen LogP contribution in [0, 0.1) is 0 Å². The Morgan fingerprint density at radius 3 is 2.76 bits per heavy atom. The minimum absolute atomic E-state index is 0.0556. The molecule has 0 radical (unpaired) electrons. The van der Waals surface area contributed by atoms with Crippen molar-refractivity contribution in [2.45, 2.75) is 36.6 Å². The third kappa shape index (κ3) is 2.88. The molecule has 2 fully saturated rings. The number of halogens is 2. The number of nitrogens with zero attached hydrogens (tertiary/aromatic N) is 3. The van der Waals surface area contributed by atoms with Crippen molar-refractivity contribution in [2.24, 2.45) is 7.05 Å². The fraction of sp³-hybridized carbons (Fsp3) is 0.450. The Labute approximate surface area is 171 Å². The normalized spacial score (nSPS) is 30.3. The maximum Gasteiger partial charge on any atom is 0.407 e. The molecule has 5 rings (SSSR count). The SMILES string of the molecule is Cn1ncc(Cl)c1CC1c2ccccc2C(=O)N1CC1(F)CC2(CNC(=O)O2)C1. The maximum absolute atomic E-state index is 15.5. The van der Waals surface area contributed by atoms with Crippen molar-refractivity contribution in [3.63, 3.8) is 0 Å². The van der Waals surface area contributed by atoms with Gasteiger partial charge in [-0.3, -0.25) is 9.48 Å². The second-order valence-corrected chi connectivity index (χ2v) is 8.64. The molecule has 1 aliphatic carbocycles. The summed E-state index contributed by atoms with van der Waals surface area (Å²) in [5.74, 6) is -0.191. The van der Waals surface area contributed by atoms with Gasteiger partial charge in [-0.2, -0.15) is 5.10 Å². The average Bonchev–Trinajstić information content (AvgIpc) is 3.27. The van der Waals surface area contributed by atoms with Crippen molar-refractivity contribution >= 4 is 23.6 Å². The van der Waals surface area contributed by atoms with Gasteiger partial charge >= 0.3 is 6.09 Å². The molecular weight excluding hydrogens is 399 g/mol. The first-order valence-electron chi connectivity index (χ1n) is 9.51. The van der Waals surface area contributed by atoms with E-state index in [1.807, 2.05) is 18.2 Å². The summed E-state index contributed by atoms with van der Waals surface area (Å²) < 4.78 is 22.5. The van der Waals surface area contributed by atoms with Crippen molar-refractivity contribution in [3.05, 3.63) is 52.3 Å². The van der Waals surface area contributed by atoms with Crippen LogP contribution in [-0.2, 0) is 18.2 Å². The molecule has 1 atom stereocenters. The van der Waals surface area contributed by atoms with E-state index in [0.29, 0.717) is 23.6 Å². The minimum Gasteiger partial charge on any atom is -0.441 e. The number of rotatable bonds is 4. The molecule has 1 unspecified atom stereocenters. The number of ether oxygens (including phenoxy) is 1. The Morgan fingerprint density at radius 2 is 2.10 bits per heavy atom. The van der Waals surface area contributed by atoms with E-state index in [-0.39, 0.29) is 31.3 Å². The molecule has 1 aromatic heterocycles. The first kappa shape index (κ1) is 18.4. The Hall–Kier alpha value is -2.61. The predicted molar refractivity (Wildman–Crippen MR) is 102 cm³/mol. The summed E-state index contributed by atoms with van der Waals surface area (Å²) >= 11 is 6.29. The molecule has 2 amide bonds. The van der Waals surface area contributed by atoms with Gasteiger partial charge in [0.05, 0.1) is 36.0 Å². The molecule has 3 heterocycles. The Balaban J connectivity index is 1.42. The van der Waals surface area contributed by atoms with Crippen LogP contribution in [0.3, 0.4) is 0 Å². The molecule has 2 aliphatic heterocycles. The van der Waals surface area contributed by atoms with Crippen LogP contribution < -0.4 is 5.32 Å². The molecule has 1 saturated carbocycles. The Bertz CT molecular complexity index is 997. The van der Waals surface area contributed by atoms with Crippen LogP contribution >= 0.6 is 11.6 Å². The lowest BCUT2D eigenvalue weighted by molar-refractivity contribution is -0.127. The van der Waals surface area contributed by atoms with Crippen LogP contribution in [0.25, 0.3) is 0 Å². The third-order valence-electron chi connectivity index (χ3n) is 6.18. The molecule has 3 aliphatic rings. The highest BCUT2D eigenvalue weighted by Crippen LogP contribution is 2.50. The fourth-order valence-electron chi connectivity index (χ4n) is 4.92. The van der Waals surface area contributed by atoms with Crippen molar-refractivity contribution < 1.29 is 18.7 Å². The van der Waals surface area contributed by atoms with E-state index in [4.69, 9.17) is 16.3 Å². The fourth-order valence-corrected chi connectivity index (χ4v) is 5.16. The standard InChI is InChI=1S/C20H20ClFN4O3/c1-25-16(14(21)7-24-25)6-15-12-4-2-3-5-13(12)17(27)26(15)11-19(22)8-20(9-19)10-23-18(28)29-20/h2-5,7,15H,6,8-11H2,1H3,(H,23,28). The van der Waals surface area contributed by atoms with Crippen LogP contribution in [0.5, 0.6) is 0 Å². The Kier molecular flexibility index (Phi) is 3.93. The van der Waals surface area contributed by atoms with Crippen molar-refractivity contribution in [1.82, 2.24) is 20.0 Å². The van der Waals surface area contributed by atoms with E-state index in [0.717, 1.165) is 11.3 Å². The van der Waals surface area contributed by atoms with Gasteiger partial charge in [0.2, 0.25) is 0 Å². The van der Waals surface area contributed by atoms with Gasteiger partial charge in [0.25, 0.3) is 5.91 Å². The highest BCUT2D eigenvalue weighted by molar-refractivity contribution is 6.31. The molecule has 1 N–H and O–H groups in total. The van der Waals surface area contributed by atoms with Crippen LogP contribution in [-0.4, -0.2) is 51.0 Å². The highest BCUT2D eigenvalue weighted by atomic mass is 35.5. The van der Waals surface area contributed by atoms with E-state index in [2.05, 4.69) is 10.4 Å². The second kappa shape index (κ2) is 6.19. The van der Waals surface area contributed by atoms with Gasteiger partial charge in [-0.15, -0.1) is 0 Å². The van der Waals surface area contributed by atoms with E-state index in [1.165, 1.54) is 0 Å². The third-order valence-corrected chi connectivity index (χ3v) is 6.50. The van der Waals surface area contributed by atoms with Gasteiger partial charge in [0.15, 0.2) is 0 Å². The molecule has 1 aromatic carbocycles. The zero-order valence-corrected chi connectivity index (χ0v) is 16.6. The van der Waals surface area contributed by atoms with Gasteiger partial charge < -0.3 is 15.0 Å². The largest absolute Gasteiger partial charge is 0.441 e. The summed E-state index contributed by atoms with van der Waals surface area (Å²) in [5, 5.41) is 7.27. The maximum atomic E-state index is 15.5. The van der Waals surface area contributed by atoms with Gasteiger partial charge in [0, 0.05) is 31.9 Å². The number of nitrogens with one attached hydrogen (secondary N) is 1. The summed E-state index contributed by atoms with van der Waals surface area (Å²) in [4.78, 5) is 26.0. The molecule has 1 spiro atoms. The van der Waals surface area contributed by atoms with Crippen LogP contribution in [0.2, 0.25) is 5.02 Å². The average molecular weight is 419 g/mol. The van der Waals surface area contributed by atoms with Crippen LogP contribution in [0.15, 0.2) is 30.5 Å². The quantitative estimate of drug-likeness (QED) is 0.828. The Morgan fingerprint density at radius 1 is 1.34 bits per heavy atom. The van der Waals surface area contributed by atoms with E-state index >= 15 is 4.39 Å². The highest BCUT2D eigenvalue weighted by Gasteiger charge is 2.62. The number of fused-ring (bicyclic) bond motifs is 1. The number of aryl methyl sites for hydroxylation is 1. The second-order valence-electron chi connectivity index (χ2n) is 8.23. The summed E-state index contributed by atoms with van der Waals surface area (Å²) in [6, 6.07) is 7.02. The number of benzene rings is 1. The lowest BCUT2D eigenvalue weighted by atomic mass is 9.68.